The van der Waals surface area contributed by atoms with Gasteiger partial charge < -0.3 is 0 Å². The highest BCUT2D eigenvalue weighted by Crippen LogP contribution is 2.35. The van der Waals surface area contributed by atoms with Gasteiger partial charge in [-0.1, -0.05) is 48.5 Å². The first-order chi connectivity index (χ1) is 13.2. The maximum absolute atomic E-state index is 12.8. The van der Waals surface area contributed by atoms with Gasteiger partial charge in [0, 0.05) is 22.7 Å². The quantitative estimate of drug-likeness (QED) is 0.381. The summed E-state index contributed by atoms with van der Waals surface area (Å²) in [4.78, 5) is 13.9. The summed E-state index contributed by atoms with van der Waals surface area (Å²) >= 11 is 1.50. The van der Waals surface area contributed by atoms with Crippen LogP contribution in [0, 0.1) is 6.92 Å². The molecule has 0 unspecified atom stereocenters. The lowest BCUT2D eigenvalue weighted by Gasteiger charge is -2.15. The van der Waals surface area contributed by atoms with E-state index in [1.54, 1.807) is 12.4 Å². The summed E-state index contributed by atoms with van der Waals surface area (Å²) in [5.41, 5.74) is 5.53. The highest BCUT2D eigenvalue weighted by Gasteiger charge is 2.21. The minimum Gasteiger partial charge on any atom is -0.271 e. The molecule has 0 saturated heterocycles. The van der Waals surface area contributed by atoms with E-state index in [9.17, 15) is 4.79 Å². The third-order valence-corrected chi connectivity index (χ3v) is 5.42. The molecule has 138 valence electrons. The molecule has 0 radical (unpaired) electrons. The number of hydrazone groups is 1. The van der Waals surface area contributed by atoms with Crippen LogP contribution in [0.1, 0.15) is 29.0 Å². The summed E-state index contributed by atoms with van der Waals surface area (Å²) in [7, 11) is 0. The number of rotatable bonds is 7. The van der Waals surface area contributed by atoms with E-state index in [2.05, 4.69) is 15.6 Å². The molecule has 3 rings (SSSR count). The number of hydrogen-bond acceptors (Lipinski definition) is 4. The van der Waals surface area contributed by atoms with E-state index in [4.69, 9.17) is 0 Å². The van der Waals surface area contributed by atoms with E-state index in [1.807, 2.05) is 79.2 Å². The highest BCUT2D eigenvalue weighted by molar-refractivity contribution is 8.00. The third-order valence-electron chi connectivity index (χ3n) is 4.16. The highest BCUT2D eigenvalue weighted by atomic mass is 32.2. The zero-order chi connectivity index (χ0) is 19.1. The lowest BCUT2D eigenvalue weighted by atomic mass is 10.1. The van der Waals surface area contributed by atoms with E-state index in [0.29, 0.717) is 0 Å². The van der Waals surface area contributed by atoms with Crippen LogP contribution in [-0.2, 0) is 11.3 Å². The number of nitrogens with one attached hydrogen (secondary N) is 1. The van der Waals surface area contributed by atoms with Crippen LogP contribution in [0.2, 0.25) is 0 Å². The topological polar surface area (TPSA) is 59.3 Å². The summed E-state index contributed by atoms with van der Waals surface area (Å²) in [5.74, 6) is -0.160. The number of thioether (sulfide) groups is 1. The van der Waals surface area contributed by atoms with Crippen LogP contribution in [0.25, 0.3) is 0 Å². The largest absolute Gasteiger partial charge is 0.271 e. The van der Waals surface area contributed by atoms with Crippen LogP contribution >= 0.6 is 11.8 Å². The van der Waals surface area contributed by atoms with Crippen LogP contribution in [0.15, 0.2) is 76.9 Å². The molecule has 5 nitrogen and oxygen atoms in total. The summed E-state index contributed by atoms with van der Waals surface area (Å²) < 4.78 is 1.89. The molecule has 0 fully saturated rings. The van der Waals surface area contributed by atoms with Crippen molar-refractivity contribution >= 4 is 23.9 Å². The molecule has 1 amide bonds. The predicted octanol–water partition coefficient (Wildman–Crippen LogP) is 4.20. The molecule has 3 aromatic rings. The summed E-state index contributed by atoms with van der Waals surface area (Å²) in [6.07, 6.45) is 3.39. The van der Waals surface area contributed by atoms with Gasteiger partial charge >= 0.3 is 0 Å². The zero-order valence-electron chi connectivity index (χ0n) is 15.4. The minimum absolute atomic E-state index is 0.160. The van der Waals surface area contributed by atoms with Crippen molar-refractivity contribution in [2.24, 2.45) is 5.10 Å². The van der Waals surface area contributed by atoms with Crippen molar-refractivity contribution < 1.29 is 4.79 Å². The average molecular weight is 379 g/mol. The normalized spacial score (nSPS) is 12.2. The van der Waals surface area contributed by atoms with Crippen molar-refractivity contribution in [2.75, 3.05) is 0 Å². The molecule has 1 heterocycles. The van der Waals surface area contributed by atoms with E-state index in [1.165, 1.54) is 11.8 Å². The lowest BCUT2D eigenvalue weighted by Crippen LogP contribution is -2.23. The van der Waals surface area contributed by atoms with Gasteiger partial charge in [-0.05, 0) is 31.5 Å². The monoisotopic (exact) mass is 378 g/mol. The van der Waals surface area contributed by atoms with Crippen LogP contribution < -0.4 is 5.43 Å². The minimum atomic E-state index is -0.384. The number of amides is 1. The Hall–Kier alpha value is -2.86. The van der Waals surface area contributed by atoms with Crippen molar-refractivity contribution in [3.05, 3.63) is 83.7 Å². The molecule has 1 atom stereocenters. The van der Waals surface area contributed by atoms with Crippen molar-refractivity contribution in [1.82, 2.24) is 15.2 Å². The fraction of sp³-hybridized carbons (Fsp3) is 0.190. The Labute approximate surface area is 163 Å². The molecule has 0 spiro atoms. The smallest absolute Gasteiger partial charge is 0.258 e. The van der Waals surface area contributed by atoms with Gasteiger partial charge in [0.15, 0.2) is 0 Å². The molecule has 0 bridgehead atoms. The van der Waals surface area contributed by atoms with Crippen molar-refractivity contribution in [1.29, 1.82) is 0 Å². The molecule has 1 N–H and O–H groups in total. The first-order valence-corrected chi connectivity index (χ1v) is 9.69. The van der Waals surface area contributed by atoms with Gasteiger partial charge in [-0.3, -0.25) is 9.48 Å². The van der Waals surface area contributed by atoms with Crippen LogP contribution in [-0.4, -0.2) is 21.9 Å². The molecule has 0 aliphatic carbocycles. The maximum atomic E-state index is 12.8. The molecular weight excluding hydrogens is 356 g/mol. The number of hydrogen-bond donors (Lipinski definition) is 1. The van der Waals surface area contributed by atoms with Gasteiger partial charge in [-0.15, -0.1) is 11.8 Å². The van der Waals surface area contributed by atoms with Gasteiger partial charge in [0.05, 0.1) is 12.4 Å². The van der Waals surface area contributed by atoms with E-state index in [-0.39, 0.29) is 11.2 Å². The van der Waals surface area contributed by atoms with Crippen molar-refractivity contribution in [3.8, 4) is 0 Å². The second kappa shape index (κ2) is 9.19. The summed E-state index contributed by atoms with van der Waals surface area (Å²) in [5, 5.41) is 8.04. The SMILES string of the molecule is CCn1ncc(/C=N\NC(=O)[C@H](Sc2ccccc2)c2ccccc2)c1C. The Morgan fingerprint density at radius 2 is 1.85 bits per heavy atom. The molecular formula is C21H22N4OS. The molecule has 2 aromatic carbocycles. The standard InChI is InChI=1S/C21H22N4OS/c1-3-25-16(2)18(15-23-25)14-22-24-21(26)20(17-10-6-4-7-11-17)27-19-12-8-5-9-13-19/h4-15,20H,3H2,1-2H3,(H,24,26)/b22-14-/t20-/m1/s1. The molecule has 6 heteroatoms. The predicted molar refractivity (Wildman–Crippen MR) is 110 cm³/mol. The molecule has 0 saturated carbocycles. The fourth-order valence-electron chi connectivity index (χ4n) is 2.67. The summed E-state index contributed by atoms with van der Waals surface area (Å²) in [6, 6.07) is 19.6. The van der Waals surface area contributed by atoms with Gasteiger partial charge in [0.2, 0.25) is 0 Å². The van der Waals surface area contributed by atoms with E-state index >= 15 is 0 Å². The number of carbonyl (C=O) groups is 1. The first kappa shape index (κ1) is 18.9. The Kier molecular flexibility index (Phi) is 6.44. The molecule has 0 aliphatic rings. The number of benzene rings is 2. The second-order valence-corrected chi connectivity index (χ2v) is 7.14. The van der Waals surface area contributed by atoms with Crippen LogP contribution in [0.4, 0.5) is 0 Å². The maximum Gasteiger partial charge on any atom is 0.258 e. The zero-order valence-corrected chi connectivity index (χ0v) is 16.2. The van der Waals surface area contributed by atoms with E-state index in [0.717, 1.165) is 28.3 Å². The van der Waals surface area contributed by atoms with Crippen molar-refractivity contribution in [3.63, 3.8) is 0 Å². The van der Waals surface area contributed by atoms with Gasteiger partial charge in [-0.25, -0.2) is 5.43 Å². The fourth-order valence-corrected chi connectivity index (χ4v) is 3.71. The number of carbonyl (C=O) groups excluding carboxylic acids is 1. The first-order valence-electron chi connectivity index (χ1n) is 8.81. The molecule has 27 heavy (non-hydrogen) atoms. The number of aryl methyl sites for hydroxylation is 1. The van der Waals surface area contributed by atoms with Crippen molar-refractivity contribution in [2.45, 2.75) is 30.5 Å². The Morgan fingerprint density at radius 1 is 1.19 bits per heavy atom. The number of aromatic nitrogens is 2. The van der Waals surface area contributed by atoms with Gasteiger partial charge in [-0.2, -0.15) is 10.2 Å². The van der Waals surface area contributed by atoms with Crippen LogP contribution in [0.3, 0.4) is 0 Å². The Bertz CT molecular complexity index is 906. The van der Waals surface area contributed by atoms with E-state index < -0.39 is 0 Å². The lowest BCUT2D eigenvalue weighted by molar-refractivity contribution is -0.120. The van der Waals surface area contributed by atoms with Crippen LogP contribution in [0.5, 0.6) is 0 Å². The van der Waals surface area contributed by atoms with Gasteiger partial charge in [0.1, 0.15) is 5.25 Å². The second-order valence-electron chi connectivity index (χ2n) is 5.96. The summed E-state index contributed by atoms with van der Waals surface area (Å²) in [6.45, 7) is 4.82. The Balaban J connectivity index is 1.74. The number of nitrogens with zero attached hydrogens (tertiary/aromatic N) is 3. The average Bonchev–Trinajstić information content (AvgIpc) is 3.07. The van der Waals surface area contributed by atoms with Gasteiger partial charge in [0.25, 0.3) is 5.91 Å². The third kappa shape index (κ3) is 4.86. The Morgan fingerprint density at radius 3 is 2.48 bits per heavy atom. The molecule has 0 aliphatic heterocycles. The molecule has 1 aromatic heterocycles.